The molecule has 2 aromatic rings. The van der Waals surface area contributed by atoms with Crippen molar-refractivity contribution in [1.29, 1.82) is 0 Å². The summed E-state index contributed by atoms with van der Waals surface area (Å²) in [4.78, 5) is 12.2. The summed E-state index contributed by atoms with van der Waals surface area (Å²) in [5.74, 6) is 0.112. The first-order chi connectivity index (χ1) is 8.80. The number of ketones is 1. The molecule has 2 rings (SSSR count). The minimum absolute atomic E-state index is 0.112. The fraction of sp³-hybridized carbons (Fsp3) is 0.438. The Morgan fingerprint density at radius 3 is 2.58 bits per heavy atom. The van der Waals surface area contributed by atoms with Crippen LogP contribution >= 0.6 is 0 Å². The van der Waals surface area contributed by atoms with E-state index < -0.39 is 6.04 Å². The van der Waals surface area contributed by atoms with E-state index in [1.54, 1.807) is 0 Å². The largest absolute Gasteiger partial charge is 0.350 e. The second-order valence-electron chi connectivity index (χ2n) is 6.21. The summed E-state index contributed by atoms with van der Waals surface area (Å²) < 4.78 is 2.08. The van der Waals surface area contributed by atoms with Crippen molar-refractivity contribution < 1.29 is 4.79 Å². The first kappa shape index (κ1) is 13.8. The SMILES string of the molecule is Cn1cc(C[C@H](N)C(=O)C(C)(C)C)c2ccccc21. The molecule has 0 spiro atoms. The van der Waals surface area contributed by atoms with Gasteiger partial charge in [0.15, 0.2) is 5.78 Å². The predicted octanol–water partition coefficient (Wildman–Crippen LogP) is 2.66. The quantitative estimate of drug-likeness (QED) is 0.920. The Bertz CT molecular complexity index is 605. The van der Waals surface area contributed by atoms with E-state index in [2.05, 4.69) is 22.9 Å². The first-order valence-electron chi connectivity index (χ1n) is 6.63. The number of benzene rings is 1. The average molecular weight is 258 g/mol. The molecule has 3 heteroatoms. The highest BCUT2D eigenvalue weighted by atomic mass is 16.1. The van der Waals surface area contributed by atoms with Gasteiger partial charge in [-0.15, -0.1) is 0 Å². The number of para-hydroxylation sites is 1. The molecule has 0 bridgehead atoms. The topological polar surface area (TPSA) is 48.0 Å². The van der Waals surface area contributed by atoms with Gasteiger partial charge >= 0.3 is 0 Å². The maximum absolute atomic E-state index is 12.2. The van der Waals surface area contributed by atoms with E-state index in [-0.39, 0.29) is 11.2 Å². The smallest absolute Gasteiger partial charge is 0.155 e. The minimum Gasteiger partial charge on any atom is -0.350 e. The van der Waals surface area contributed by atoms with Crippen molar-refractivity contribution in [1.82, 2.24) is 4.57 Å². The summed E-state index contributed by atoms with van der Waals surface area (Å²) in [6.45, 7) is 5.74. The first-order valence-corrected chi connectivity index (χ1v) is 6.63. The van der Waals surface area contributed by atoms with Gasteiger partial charge in [0.05, 0.1) is 6.04 Å². The van der Waals surface area contributed by atoms with Crippen molar-refractivity contribution in [2.75, 3.05) is 0 Å². The summed E-state index contributed by atoms with van der Waals surface area (Å²) >= 11 is 0. The molecule has 0 unspecified atom stereocenters. The number of nitrogens with zero attached hydrogens (tertiary/aromatic N) is 1. The lowest BCUT2D eigenvalue weighted by Gasteiger charge is -2.21. The molecule has 0 saturated carbocycles. The lowest BCUT2D eigenvalue weighted by atomic mass is 9.84. The van der Waals surface area contributed by atoms with E-state index in [0.717, 1.165) is 5.56 Å². The van der Waals surface area contributed by atoms with E-state index in [1.807, 2.05) is 40.0 Å². The fourth-order valence-electron chi connectivity index (χ4n) is 2.47. The number of aryl methyl sites for hydroxylation is 1. The molecular weight excluding hydrogens is 236 g/mol. The second kappa shape index (κ2) is 4.82. The molecule has 1 heterocycles. The van der Waals surface area contributed by atoms with Crippen LogP contribution in [0, 0.1) is 5.41 Å². The van der Waals surface area contributed by atoms with Gasteiger partial charge in [-0.2, -0.15) is 0 Å². The number of rotatable bonds is 3. The number of hydrogen-bond donors (Lipinski definition) is 1. The van der Waals surface area contributed by atoms with Crippen LogP contribution in [0.5, 0.6) is 0 Å². The van der Waals surface area contributed by atoms with Gasteiger partial charge in [-0.1, -0.05) is 39.0 Å². The molecule has 3 nitrogen and oxygen atoms in total. The maximum Gasteiger partial charge on any atom is 0.155 e. The van der Waals surface area contributed by atoms with Gasteiger partial charge in [-0.3, -0.25) is 4.79 Å². The molecule has 19 heavy (non-hydrogen) atoms. The van der Waals surface area contributed by atoms with E-state index in [1.165, 1.54) is 10.9 Å². The fourth-order valence-corrected chi connectivity index (χ4v) is 2.47. The van der Waals surface area contributed by atoms with Gasteiger partial charge in [0, 0.05) is 29.6 Å². The number of fused-ring (bicyclic) bond motifs is 1. The van der Waals surface area contributed by atoms with Crippen LogP contribution in [0.25, 0.3) is 10.9 Å². The maximum atomic E-state index is 12.2. The minimum atomic E-state index is -0.439. The van der Waals surface area contributed by atoms with E-state index >= 15 is 0 Å². The third-order valence-corrected chi connectivity index (χ3v) is 3.50. The highest BCUT2D eigenvalue weighted by Gasteiger charge is 2.27. The number of nitrogens with two attached hydrogens (primary N) is 1. The Morgan fingerprint density at radius 2 is 1.95 bits per heavy atom. The molecule has 0 radical (unpaired) electrons. The van der Waals surface area contributed by atoms with Crippen molar-refractivity contribution in [2.45, 2.75) is 33.2 Å². The Kier molecular flexibility index (Phi) is 3.50. The monoisotopic (exact) mass is 258 g/mol. The predicted molar refractivity (Wildman–Crippen MR) is 79.1 cm³/mol. The Labute approximate surface area is 114 Å². The number of hydrogen-bond acceptors (Lipinski definition) is 2. The average Bonchev–Trinajstić information content (AvgIpc) is 2.65. The van der Waals surface area contributed by atoms with Crippen LogP contribution in [0.3, 0.4) is 0 Å². The van der Waals surface area contributed by atoms with Gasteiger partial charge in [-0.05, 0) is 18.1 Å². The van der Waals surface area contributed by atoms with Crippen LogP contribution in [-0.4, -0.2) is 16.4 Å². The molecule has 1 aromatic carbocycles. The molecule has 0 aliphatic rings. The number of carbonyl (C=O) groups is 1. The van der Waals surface area contributed by atoms with Crippen LogP contribution < -0.4 is 5.73 Å². The molecule has 2 N–H and O–H groups in total. The zero-order valence-electron chi connectivity index (χ0n) is 12.1. The van der Waals surface area contributed by atoms with Crippen molar-refractivity contribution >= 4 is 16.7 Å². The lowest BCUT2D eigenvalue weighted by Crippen LogP contribution is -2.40. The molecule has 1 atom stereocenters. The van der Waals surface area contributed by atoms with E-state index in [9.17, 15) is 4.79 Å². The molecule has 0 saturated heterocycles. The zero-order valence-corrected chi connectivity index (χ0v) is 12.1. The molecule has 0 aliphatic carbocycles. The van der Waals surface area contributed by atoms with Gasteiger partial charge in [0.25, 0.3) is 0 Å². The highest BCUT2D eigenvalue weighted by molar-refractivity contribution is 5.90. The Balaban J connectivity index is 2.30. The molecule has 102 valence electrons. The lowest BCUT2D eigenvalue weighted by molar-refractivity contribution is -0.127. The molecule has 0 amide bonds. The van der Waals surface area contributed by atoms with Crippen molar-refractivity contribution in [2.24, 2.45) is 18.2 Å². The third kappa shape index (κ3) is 2.71. The highest BCUT2D eigenvalue weighted by Crippen LogP contribution is 2.23. The van der Waals surface area contributed by atoms with Crippen LogP contribution in [0.15, 0.2) is 30.5 Å². The third-order valence-electron chi connectivity index (χ3n) is 3.50. The zero-order chi connectivity index (χ0) is 14.2. The standard InChI is InChI=1S/C16H22N2O/c1-16(2,3)15(19)13(17)9-11-10-18(4)14-8-6-5-7-12(11)14/h5-8,10,13H,9,17H2,1-4H3/t13-/m0/s1. The van der Waals surface area contributed by atoms with Gasteiger partial charge in [-0.25, -0.2) is 0 Å². The van der Waals surface area contributed by atoms with Crippen LogP contribution in [0.1, 0.15) is 26.3 Å². The van der Waals surface area contributed by atoms with Crippen molar-refractivity contribution in [3.05, 3.63) is 36.0 Å². The number of Topliss-reactive ketones (excluding diaryl/α,β-unsaturated/α-hetero) is 1. The second-order valence-corrected chi connectivity index (χ2v) is 6.21. The van der Waals surface area contributed by atoms with Crippen molar-refractivity contribution in [3.63, 3.8) is 0 Å². The van der Waals surface area contributed by atoms with E-state index in [0.29, 0.717) is 6.42 Å². The summed E-state index contributed by atoms with van der Waals surface area (Å²) in [7, 11) is 2.02. The van der Waals surface area contributed by atoms with Crippen LogP contribution in [0.4, 0.5) is 0 Å². The number of carbonyl (C=O) groups excluding carboxylic acids is 1. The van der Waals surface area contributed by atoms with Crippen LogP contribution in [0.2, 0.25) is 0 Å². The summed E-state index contributed by atoms with van der Waals surface area (Å²) in [6.07, 6.45) is 2.66. The Hall–Kier alpha value is -1.61. The Morgan fingerprint density at radius 1 is 1.32 bits per heavy atom. The molecule has 0 fully saturated rings. The van der Waals surface area contributed by atoms with Crippen molar-refractivity contribution in [3.8, 4) is 0 Å². The number of aromatic nitrogens is 1. The van der Waals surface area contributed by atoms with Gasteiger partial charge < -0.3 is 10.3 Å². The normalized spacial score (nSPS) is 13.7. The molecular formula is C16H22N2O. The van der Waals surface area contributed by atoms with Gasteiger partial charge in [0.1, 0.15) is 0 Å². The summed E-state index contributed by atoms with van der Waals surface area (Å²) in [5.41, 5.74) is 8.01. The molecule has 1 aromatic heterocycles. The van der Waals surface area contributed by atoms with E-state index in [4.69, 9.17) is 5.73 Å². The molecule has 0 aliphatic heterocycles. The van der Waals surface area contributed by atoms with Crippen LogP contribution in [-0.2, 0) is 18.3 Å². The van der Waals surface area contributed by atoms with Gasteiger partial charge in [0.2, 0.25) is 0 Å². The summed E-state index contributed by atoms with van der Waals surface area (Å²) in [6, 6.07) is 7.76. The summed E-state index contributed by atoms with van der Waals surface area (Å²) in [5, 5.41) is 1.18.